The van der Waals surface area contributed by atoms with E-state index in [0.29, 0.717) is 5.56 Å². The molecule has 7 heteroatoms. The summed E-state index contributed by atoms with van der Waals surface area (Å²) in [6.07, 6.45) is 0. The van der Waals surface area contributed by atoms with Crippen LogP contribution in [0.2, 0.25) is 0 Å². The number of benzene rings is 2. The summed E-state index contributed by atoms with van der Waals surface area (Å²) < 4.78 is 17.9. The van der Waals surface area contributed by atoms with Crippen LogP contribution >= 0.6 is 11.8 Å². The molecule has 0 saturated heterocycles. The molecule has 0 aliphatic carbocycles. The van der Waals surface area contributed by atoms with Crippen LogP contribution in [-0.2, 0) is 4.79 Å². The van der Waals surface area contributed by atoms with Gasteiger partial charge in [0.15, 0.2) is 0 Å². The first-order valence-corrected chi connectivity index (χ1v) is 7.28. The lowest BCUT2D eigenvalue weighted by atomic mass is 10.2. The van der Waals surface area contributed by atoms with E-state index in [1.165, 1.54) is 42.1 Å². The van der Waals surface area contributed by atoms with Crippen LogP contribution < -0.4 is 4.74 Å². The van der Waals surface area contributed by atoms with E-state index in [0.717, 1.165) is 4.90 Å². The summed E-state index contributed by atoms with van der Waals surface area (Å²) in [4.78, 5) is 22.7. The first-order valence-electron chi connectivity index (χ1n) is 6.30. The number of carbonyl (C=O) groups is 1. The molecule has 22 heavy (non-hydrogen) atoms. The van der Waals surface area contributed by atoms with Crippen molar-refractivity contribution in [2.24, 2.45) is 0 Å². The maximum Gasteiger partial charge on any atom is 0.321 e. The Bertz CT molecular complexity index is 703. The number of esters is 1. The third-order valence-electron chi connectivity index (χ3n) is 2.77. The lowest BCUT2D eigenvalue weighted by Gasteiger charge is -2.05. The van der Waals surface area contributed by atoms with Crippen LogP contribution in [0.1, 0.15) is 5.56 Å². The fourth-order valence-electron chi connectivity index (χ4n) is 1.73. The first-order chi connectivity index (χ1) is 10.5. The first kappa shape index (κ1) is 16.0. The number of thioether (sulfide) groups is 1. The van der Waals surface area contributed by atoms with Gasteiger partial charge in [-0.05, 0) is 43.3 Å². The molecule has 0 bridgehead atoms. The largest absolute Gasteiger partial charge is 0.426 e. The van der Waals surface area contributed by atoms with Crippen molar-refractivity contribution in [3.05, 3.63) is 64.0 Å². The minimum absolute atomic E-state index is 0.0273. The summed E-state index contributed by atoms with van der Waals surface area (Å²) in [6, 6.07) is 9.89. The fourth-order valence-corrected chi connectivity index (χ4v) is 2.40. The standard InChI is InChI=1S/C15H12FNO4S/c1-10-8-12(4-7-14(10)17(19)20)21-15(18)9-22-13-5-2-11(16)3-6-13/h2-8H,9H2,1H3. The molecular weight excluding hydrogens is 309 g/mol. The third kappa shape index (κ3) is 4.29. The molecule has 5 nitrogen and oxygen atoms in total. The van der Waals surface area contributed by atoms with Gasteiger partial charge in [0.2, 0.25) is 0 Å². The molecule has 2 aromatic carbocycles. The molecule has 0 amide bonds. The van der Waals surface area contributed by atoms with E-state index in [4.69, 9.17) is 4.74 Å². The number of rotatable bonds is 5. The summed E-state index contributed by atoms with van der Waals surface area (Å²) in [5.74, 6) is -0.509. The van der Waals surface area contributed by atoms with E-state index in [9.17, 15) is 19.3 Å². The Morgan fingerprint density at radius 1 is 1.27 bits per heavy atom. The second-order valence-electron chi connectivity index (χ2n) is 4.42. The van der Waals surface area contributed by atoms with Crippen molar-refractivity contribution in [3.63, 3.8) is 0 Å². The van der Waals surface area contributed by atoms with E-state index >= 15 is 0 Å². The highest BCUT2D eigenvalue weighted by Crippen LogP contribution is 2.24. The van der Waals surface area contributed by atoms with Crippen molar-refractivity contribution in [1.82, 2.24) is 0 Å². The van der Waals surface area contributed by atoms with E-state index in [2.05, 4.69) is 0 Å². The van der Waals surface area contributed by atoms with Gasteiger partial charge in [-0.3, -0.25) is 14.9 Å². The highest BCUT2D eigenvalue weighted by atomic mass is 32.2. The molecule has 2 rings (SSSR count). The quantitative estimate of drug-likeness (QED) is 0.276. The van der Waals surface area contributed by atoms with Crippen LogP contribution in [-0.4, -0.2) is 16.6 Å². The maximum atomic E-state index is 12.8. The Balaban J connectivity index is 1.93. The molecule has 0 atom stereocenters. The predicted octanol–water partition coefficient (Wildman–Crippen LogP) is 3.74. The zero-order valence-electron chi connectivity index (χ0n) is 11.6. The molecule has 2 aromatic rings. The number of carbonyl (C=O) groups excluding carboxylic acids is 1. The number of nitro groups is 1. The van der Waals surface area contributed by atoms with E-state index in [1.807, 2.05) is 0 Å². The van der Waals surface area contributed by atoms with E-state index in [1.54, 1.807) is 19.1 Å². The van der Waals surface area contributed by atoms with Gasteiger partial charge < -0.3 is 4.74 Å². The summed E-state index contributed by atoms with van der Waals surface area (Å²) in [5.41, 5.74) is 0.391. The molecule has 0 spiro atoms. The highest BCUT2D eigenvalue weighted by Gasteiger charge is 2.12. The zero-order chi connectivity index (χ0) is 16.1. The van der Waals surface area contributed by atoms with Gasteiger partial charge in [0, 0.05) is 16.5 Å². The van der Waals surface area contributed by atoms with Crippen molar-refractivity contribution in [2.45, 2.75) is 11.8 Å². The molecule has 0 radical (unpaired) electrons. The van der Waals surface area contributed by atoms with Gasteiger partial charge >= 0.3 is 5.97 Å². The van der Waals surface area contributed by atoms with Crippen LogP contribution in [0, 0.1) is 22.9 Å². The third-order valence-corrected chi connectivity index (χ3v) is 3.75. The number of halogens is 1. The number of ether oxygens (including phenoxy) is 1. The van der Waals surface area contributed by atoms with Crippen LogP contribution in [0.3, 0.4) is 0 Å². The number of nitrogens with zero attached hydrogens (tertiary/aromatic N) is 1. The van der Waals surface area contributed by atoms with Crippen LogP contribution in [0.4, 0.5) is 10.1 Å². The highest BCUT2D eigenvalue weighted by molar-refractivity contribution is 8.00. The molecule has 0 aliphatic heterocycles. The molecule has 114 valence electrons. The minimum Gasteiger partial charge on any atom is -0.426 e. The minimum atomic E-state index is -0.495. The van der Waals surface area contributed by atoms with Crippen molar-refractivity contribution < 1.29 is 18.8 Å². The Labute approximate surface area is 130 Å². The second kappa shape index (κ2) is 7.04. The Morgan fingerprint density at radius 2 is 1.95 bits per heavy atom. The lowest BCUT2D eigenvalue weighted by molar-refractivity contribution is -0.385. The summed E-state index contributed by atoms with van der Waals surface area (Å²) in [7, 11) is 0. The van der Waals surface area contributed by atoms with Gasteiger partial charge in [-0.25, -0.2) is 4.39 Å². The lowest BCUT2D eigenvalue weighted by Crippen LogP contribution is -2.10. The van der Waals surface area contributed by atoms with Gasteiger partial charge in [-0.15, -0.1) is 11.8 Å². The van der Waals surface area contributed by atoms with Crippen molar-refractivity contribution in [2.75, 3.05) is 5.75 Å². The predicted molar refractivity (Wildman–Crippen MR) is 80.6 cm³/mol. The van der Waals surface area contributed by atoms with Crippen molar-refractivity contribution in [3.8, 4) is 5.75 Å². The maximum absolute atomic E-state index is 12.8. The summed E-state index contributed by atoms with van der Waals surface area (Å²) in [5, 5.41) is 10.7. The van der Waals surface area contributed by atoms with Crippen LogP contribution in [0.25, 0.3) is 0 Å². The van der Waals surface area contributed by atoms with E-state index < -0.39 is 10.9 Å². The van der Waals surface area contributed by atoms with Crippen LogP contribution in [0.15, 0.2) is 47.4 Å². The average molecular weight is 321 g/mol. The number of nitro benzene ring substituents is 1. The summed E-state index contributed by atoms with van der Waals surface area (Å²) in [6.45, 7) is 1.57. The van der Waals surface area contributed by atoms with Gasteiger partial charge in [0.05, 0.1) is 10.7 Å². The molecule has 0 aromatic heterocycles. The number of hydrogen-bond acceptors (Lipinski definition) is 5. The Hall–Kier alpha value is -2.41. The van der Waals surface area contributed by atoms with Crippen LogP contribution in [0.5, 0.6) is 5.75 Å². The smallest absolute Gasteiger partial charge is 0.321 e. The molecular formula is C15H12FNO4S. The Kier molecular flexibility index (Phi) is 5.11. The monoisotopic (exact) mass is 321 g/mol. The normalized spacial score (nSPS) is 10.3. The zero-order valence-corrected chi connectivity index (χ0v) is 12.4. The molecule has 0 saturated carbocycles. The summed E-state index contributed by atoms with van der Waals surface area (Å²) >= 11 is 1.22. The Morgan fingerprint density at radius 3 is 2.55 bits per heavy atom. The molecule has 0 heterocycles. The van der Waals surface area contributed by atoms with Crippen molar-refractivity contribution in [1.29, 1.82) is 0 Å². The SMILES string of the molecule is Cc1cc(OC(=O)CSc2ccc(F)cc2)ccc1[N+](=O)[O-]. The molecule has 0 unspecified atom stereocenters. The molecule has 0 N–H and O–H groups in total. The topological polar surface area (TPSA) is 69.4 Å². The van der Waals surface area contributed by atoms with Gasteiger partial charge in [-0.1, -0.05) is 0 Å². The van der Waals surface area contributed by atoms with Gasteiger partial charge in [-0.2, -0.15) is 0 Å². The van der Waals surface area contributed by atoms with E-state index in [-0.39, 0.29) is 23.0 Å². The molecule has 0 fully saturated rings. The van der Waals surface area contributed by atoms with Gasteiger partial charge in [0.1, 0.15) is 11.6 Å². The average Bonchev–Trinajstić information content (AvgIpc) is 2.46. The van der Waals surface area contributed by atoms with Crippen molar-refractivity contribution >= 4 is 23.4 Å². The number of aryl methyl sites for hydroxylation is 1. The molecule has 0 aliphatic rings. The second-order valence-corrected chi connectivity index (χ2v) is 5.47. The number of hydrogen-bond donors (Lipinski definition) is 0. The van der Waals surface area contributed by atoms with Gasteiger partial charge in [0.25, 0.3) is 5.69 Å². The fraction of sp³-hybridized carbons (Fsp3) is 0.133.